The van der Waals surface area contributed by atoms with Crippen LogP contribution in [0.1, 0.15) is 11.3 Å². The highest BCUT2D eigenvalue weighted by Crippen LogP contribution is 2.22. The van der Waals surface area contributed by atoms with Gasteiger partial charge in [-0.1, -0.05) is 24.3 Å². The SMILES string of the molecule is COc1cccc(NC(=O)Cn2c(C)cc(C)c(S(=O)(=O)c3ccccc3)c2=O)c1. The van der Waals surface area contributed by atoms with E-state index in [0.29, 0.717) is 22.7 Å². The molecule has 0 unspecified atom stereocenters. The maximum Gasteiger partial charge on any atom is 0.270 e. The summed E-state index contributed by atoms with van der Waals surface area (Å²) in [6.45, 7) is 2.91. The van der Waals surface area contributed by atoms with Crippen molar-refractivity contribution in [2.24, 2.45) is 0 Å². The number of hydrogen-bond acceptors (Lipinski definition) is 5. The number of amides is 1. The monoisotopic (exact) mass is 426 g/mol. The maximum absolute atomic E-state index is 13.1. The molecule has 1 amide bonds. The lowest BCUT2D eigenvalue weighted by atomic mass is 10.2. The molecule has 156 valence electrons. The molecule has 0 aliphatic carbocycles. The van der Waals surface area contributed by atoms with Gasteiger partial charge in [-0.2, -0.15) is 0 Å². The molecule has 30 heavy (non-hydrogen) atoms. The van der Waals surface area contributed by atoms with E-state index in [1.165, 1.54) is 23.8 Å². The van der Waals surface area contributed by atoms with Crippen molar-refractivity contribution in [3.63, 3.8) is 0 Å². The molecule has 0 aliphatic heterocycles. The Morgan fingerprint density at radius 3 is 2.40 bits per heavy atom. The molecule has 3 aromatic rings. The molecule has 0 atom stereocenters. The largest absolute Gasteiger partial charge is 0.497 e. The standard InChI is InChI=1S/C22H22N2O5S/c1-15-12-16(2)24(14-20(25)23-17-8-7-9-18(13-17)29-3)22(26)21(15)30(27,28)19-10-5-4-6-11-19/h4-13H,14H2,1-3H3,(H,23,25). The van der Waals surface area contributed by atoms with Crippen LogP contribution in [0, 0.1) is 13.8 Å². The molecule has 0 spiro atoms. The first-order valence-electron chi connectivity index (χ1n) is 9.19. The lowest BCUT2D eigenvalue weighted by molar-refractivity contribution is -0.116. The maximum atomic E-state index is 13.1. The van der Waals surface area contributed by atoms with Crippen LogP contribution in [0.2, 0.25) is 0 Å². The lowest BCUT2D eigenvalue weighted by Crippen LogP contribution is -2.33. The summed E-state index contributed by atoms with van der Waals surface area (Å²) in [4.78, 5) is 25.3. The van der Waals surface area contributed by atoms with Crippen molar-refractivity contribution in [3.05, 3.63) is 82.3 Å². The van der Waals surface area contributed by atoms with Crippen LogP contribution in [0.5, 0.6) is 5.75 Å². The zero-order chi connectivity index (χ0) is 21.9. The van der Waals surface area contributed by atoms with Gasteiger partial charge in [0.1, 0.15) is 17.2 Å². The van der Waals surface area contributed by atoms with E-state index in [9.17, 15) is 18.0 Å². The van der Waals surface area contributed by atoms with Crippen LogP contribution in [0.15, 0.2) is 75.2 Å². The molecule has 0 saturated heterocycles. The Balaban J connectivity index is 1.97. The third-order valence-electron chi connectivity index (χ3n) is 4.63. The van der Waals surface area contributed by atoms with Crippen molar-refractivity contribution in [2.45, 2.75) is 30.2 Å². The van der Waals surface area contributed by atoms with Crippen LogP contribution >= 0.6 is 0 Å². The molecule has 0 radical (unpaired) electrons. The topological polar surface area (TPSA) is 94.5 Å². The van der Waals surface area contributed by atoms with E-state index >= 15 is 0 Å². The minimum Gasteiger partial charge on any atom is -0.497 e. The average molecular weight is 426 g/mol. The minimum absolute atomic E-state index is 0.0291. The van der Waals surface area contributed by atoms with E-state index < -0.39 is 21.3 Å². The first kappa shape index (κ1) is 21.3. The minimum atomic E-state index is -4.02. The van der Waals surface area contributed by atoms with Gasteiger partial charge >= 0.3 is 0 Å². The van der Waals surface area contributed by atoms with Gasteiger partial charge in [0.2, 0.25) is 15.7 Å². The number of carbonyl (C=O) groups excluding carboxylic acids is 1. The van der Waals surface area contributed by atoms with Gasteiger partial charge in [0.25, 0.3) is 5.56 Å². The second-order valence-corrected chi connectivity index (χ2v) is 8.67. The quantitative estimate of drug-likeness (QED) is 0.654. The number of hydrogen-bond donors (Lipinski definition) is 1. The molecular weight excluding hydrogens is 404 g/mol. The number of sulfone groups is 1. The first-order valence-corrected chi connectivity index (χ1v) is 10.7. The number of anilines is 1. The summed E-state index contributed by atoms with van der Waals surface area (Å²) in [5, 5.41) is 2.70. The van der Waals surface area contributed by atoms with E-state index in [2.05, 4.69) is 5.32 Å². The third-order valence-corrected chi connectivity index (χ3v) is 6.55. The zero-order valence-corrected chi connectivity index (χ0v) is 17.7. The number of rotatable bonds is 6. The molecule has 8 heteroatoms. The highest BCUT2D eigenvalue weighted by Gasteiger charge is 2.26. The smallest absolute Gasteiger partial charge is 0.270 e. The summed E-state index contributed by atoms with van der Waals surface area (Å²) < 4.78 is 32.4. The fourth-order valence-electron chi connectivity index (χ4n) is 3.19. The third kappa shape index (κ3) is 4.28. The van der Waals surface area contributed by atoms with Crippen LogP contribution in [-0.4, -0.2) is 26.0 Å². The molecule has 1 aromatic heterocycles. The second kappa shape index (κ2) is 8.54. The van der Waals surface area contributed by atoms with Crippen molar-refractivity contribution in [1.29, 1.82) is 0 Å². The van der Waals surface area contributed by atoms with Crippen molar-refractivity contribution < 1.29 is 17.9 Å². The van der Waals surface area contributed by atoms with Crippen molar-refractivity contribution in [2.75, 3.05) is 12.4 Å². The molecule has 0 saturated carbocycles. The first-order chi connectivity index (χ1) is 14.2. The Morgan fingerprint density at radius 1 is 1.03 bits per heavy atom. The van der Waals surface area contributed by atoms with Crippen LogP contribution in [0.4, 0.5) is 5.69 Å². The number of carbonyl (C=O) groups is 1. The molecule has 2 aromatic carbocycles. The fraction of sp³-hybridized carbons (Fsp3) is 0.182. The molecule has 1 heterocycles. The van der Waals surface area contributed by atoms with E-state index in [-0.39, 0.29) is 16.3 Å². The van der Waals surface area contributed by atoms with Crippen LogP contribution < -0.4 is 15.6 Å². The molecule has 7 nitrogen and oxygen atoms in total. The molecule has 1 N–H and O–H groups in total. The number of nitrogens with one attached hydrogen (secondary N) is 1. The van der Waals surface area contributed by atoms with Crippen LogP contribution in [0.25, 0.3) is 0 Å². The van der Waals surface area contributed by atoms with Gasteiger partial charge < -0.3 is 14.6 Å². The Kier molecular flexibility index (Phi) is 6.07. The summed E-state index contributed by atoms with van der Waals surface area (Å²) in [5.74, 6) is 0.119. The highest BCUT2D eigenvalue weighted by molar-refractivity contribution is 7.91. The Morgan fingerprint density at radius 2 is 1.73 bits per heavy atom. The number of aryl methyl sites for hydroxylation is 2. The average Bonchev–Trinajstić information content (AvgIpc) is 2.71. The van der Waals surface area contributed by atoms with E-state index in [1.54, 1.807) is 62.4 Å². The Labute approximate surface area is 174 Å². The summed E-state index contributed by atoms with van der Waals surface area (Å²) in [5.41, 5.74) is 0.613. The van der Waals surface area contributed by atoms with Crippen LogP contribution in [-0.2, 0) is 21.2 Å². The molecule has 0 fully saturated rings. The van der Waals surface area contributed by atoms with E-state index in [4.69, 9.17) is 4.74 Å². The zero-order valence-electron chi connectivity index (χ0n) is 16.9. The summed E-state index contributed by atoms with van der Waals surface area (Å²) >= 11 is 0. The lowest BCUT2D eigenvalue weighted by Gasteiger charge is -2.15. The number of methoxy groups -OCH3 is 1. The van der Waals surface area contributed by atoms with Crippen molar-refractivity contribution >= 4 is 21.4 Å². The van der Waals surface area contributed by atoms with E-state index in [0.717, 1.165) is 0 Å². The van der Waals surface area contributed by atoms with Gasteiger partial charge in [-0.3, -0.25) is 9.59 Å². The Hall–Kier alpha value is -3.39. The number of ether oxygens (including phenoxy) is 1. The second-order valence-electron chi connectivity index (χ2n) is 6.79. The van der Waals surface area contributed by atoms with Crippen molar-refractivity contribution in [3.8, 4) is 5.75 Å². The number of pyridine rings is 1. The molecule has 0 bridgehead atoms. The van der Waals surface area contributed by atoms with Gasteiger partial charge in [0.05, 0.1) is 12.0 Å². The number of benzene rings is 2. The predicted molar refractivity (Wildman–Crippen MR) is 114 cm³/mol. The predicted octanol–water partition coefficient (Wildman–Crippen LogP) is 2.95. The summed E-state index contributed by atoms with van der Waals surface area (Å²) in [6, 6.07) is 16.2. The molecule has 3 rings (SSSR count). The van der Waals surface area contributed by atoms with Gasteiger partial charge in [-0.15, -0.1) is 0 Å². The fourth-order valence-corrected chi connectivity index (χ4v) is 4.77. The number of nitrogens with zero attached hydrogens (tertiary/aromatic N) is 1. The number of aromatic nitrogens is 1. The normalized spacial score (nSPS) is 11.2. The van der Waals surface area contributed by atoms with E-state index in [1.807, 2.05) is 0 Å². The molecule has 0 aliphatic rings. The summed E-state index contributed by atoms with van der Waals surface area (Å²) in [6.07, 6.45) is 0. The molecular formula is C22H22N2O5S. The highest BCUT2D eigenvalue weighted by atomic mass is 32.2. The summed E-state index contributed by atoms with van der Waals surface area (Å²) in [7, 11) is -2.51. The van der Waals surface area contributed by atoms with Gasteiger partial charge in [0.15, 0.2) is 0 Å². The van der Waals surface area contributed by atoms with Gasteiger partial charge in [0, 0.05) is 17.4 Å². The van der Waals surface area contributed by atoms with Gasteiger partial charge in [-0.25, -0.2) is 8.42 Å². The van der Waals surface area contributed by atoms with Gasteiger partial charge in [-0.05, 0) is 49.7 Å². The van der Waals surface area contributed by atoms with Crippen LogP contribution in [0.3, 0.4) is 0 Å². The van der Waals surface area contributed by atoms with Crippen molar-refractivity contribution in [1.82, 2.24) is 4.57 Å². The Bertz CT molecular complexity index is 1250.